The Hall–Kier alpha value is -2.99. The summed E-state index contributed by atoms with van der Waals surface area (Å²) >= 11 is 0. The van der Waals surface area contributed by atoms with E-state index >= 15 is 0 Å². The predicted molar refractivity (Wildman–Crippen MR) is 115 cm³/mol. The second-order valence-electron chi connectivity index (χ2n) is 9.47. The number of alkyl halides is 9. The van der Waals surface area contributed by atoms with Crippen LogP contribution in [0.15, 0.2) is 36.4 Å². The Morgan fingerprint density at radius 2 is 1.51 bits per heavy atom. The van der Waals surface area contributed by atoms with Crippen molar-refractivity contribution < 1.29 is 44.3 Å². The summed E-state index contributed by atoms with van der Waals surface area (Å²) in [5.41, 5.74) is -7.17. The number of anilines is 1. The van der Waals surface area contributed by atoms with Crippen LogP contribution < -0.4 is 10.2 Å². The van der Waals surface area contributed by atoms with Crippen molar-refractivity contribution in [2.24, 2.45) is 5.92 Å². The number of carbonyl (C=O) groups excluding carboxylic acids is 1. The van der Waals surface area contributed by atoms with E-state index in [0.29, 0.717) is 11.3 Å². The third-order valence-corrected chi connectivity index (χ3v) is 6.84. The Morgan fingerprint density at radius 1 is 0.973 bits per heavy atom. The van der Waals surface area contributed by atoms with E-state index in [1.54, 1.807) is 19.1 Å². The van der Waals surface area contributed by atoms with Gasteiger partial charge in [-0.25, -0.2) is 4.98 Å². The van der Waals surface area contributed by atoms with Crippen LogP contribution in [0.4, 0.5) is 45.2 Å². The Bertz CT molecular complexity index is 1120. The van der Waals surface area contributed by atoms with Crippen molar-refractivity contribution in [2.45, 2.75) is 56.2 Å². The lowest BCUT2D eigenvalue weighted by Gasteiger charge is -2.33. The number of nitrogens with one attached hydrogen (secondary N) is 1. The lowest BCUT2D eigenvalue weighted by atomic mass is 9.78. The smallest absolute Gasteiger partial charge is 0.370 e. The monoisotopic (exact) mass is 539 g/mol. The van der Waals surface area contributed by atoms with E-state index in [2.05, 4.69) is 10.3 Å². The first kappa shape index (κ1) is 27.1. The number of amides is 1. The van der Waals surface area contributed by atoms with Crippen molar-refractivity contribution in [3.05, 3.63) is 58.9 Å². The van der Waals surface area contributed by atoms with Gasteiger partial charge in [0.1, 0.15) is 16.8 Å². The number of carbonyl (C=O) groups is 1. The highest BCUT2D eigenvalue weighted by Gasteiger charge is 2.60. The van der Waals surface area contributed by atoms with E-state index in [4.69, 9.17) is 0 Å². The van der Waals surface area contributed by atoms with Gasteiger partial charge < -0.3 is 10.2 Å². The van der Waals surface area contributed by atoms with Crippen LogP contribution in [-0.4, -0.2) is 30.2 Å². The van der Waals surface area contributed by atoms with E-state index in [1.807, 2.05) is 0 Å². The Balaban J connectivity index is 1.64. The molecule has 4 nitrogen and oxygen atoms in total. The zero-order valence-corrected chi connectivity index (χ0v) is 19.4. The van der Waals surface area contributed by atoms with E-state index < -0.39 is 53.9 Å². The first-order chi connectivity index (χ1) is 17.0. The number of pyridine rings is 1. The third kappa shape index (κ3) is 5.49. The van der Waals surface area contributed by atoms with Crippen LogP contribution in [0.5, 0.6) is 0 Å². The summed E-state index contributed by atoms with van der Waals surface area (Å²) in [4.78, 5) is 15.8. The molecule has 1 N–H and O–H groups in total. The molecule has 1 saturated carbocycles. The highest BCUT2D eigenvalue weighted by atomic mass is 19.4. The predicted octanol–water partition coefficient (Wildman–Crippen LogP) is 6.42. The molecule has 0 radical (unpaired) electrons. The molecular formula is C24H22F9N3O. The summed E-state index contributed by atoms with van der Waals surface area (Å²) in [5, 5.41) is 2.85. The van der Waals surface area contributed by atoms with Crippen molar-refractivity contribution in [3.63, 3.8) is 0 Å². The molecule has 2 fully saturated rings. The van der Waals surface area contributed by atoms with Crippen molar-refractivity contribution in [1.29, 1.82) is 0 Å². The molecule has 37 heavy (non-hydrogen) atoms. The maximum absolute atomic E-state index is 14.4. The topological polar surface area (TPSA) is 45.2 Å². The molecule has 13 heteroatoms. The van der Waals surface area contributed by atoms with Gasteiger partial charge in [0.25, 0.3) is 0 Å². The van der Waals surface area contributed by atoms with Crippen molar-refractivity contribution in [2.75, 3.05) is 18.0 Å². The molecule has 0 spiro atoms. The molecular weight excluding hydrogens is 517 g/mol. The minimum Gasteiger partial charge on any atom is -0.370 e. The van der Waals surface area contributed by atoms with E-state index in [-0.39, 0.29) is 36.5 Å². The molecule has 2 atom stereocenters. The number of hydrogen-bond acceptors (Lipinski definition) is 3. The SMILES string of the molecule is C[C@H](NC(=O)C1CC1)c1ccc(N2CCC(c3cc(C(F)(F)F)nc(C(F)(F)F)c3)(C(F)(F)F)C2)cc1. The van der Waals surface area contributed by atoms with Crippen LogP contribution in [0.3, 0.4) is 0 Å². The molecule has 2 aromatic rings. The fraction of sp³-hybridized carbons (Fsp3) is 0.500. The summed E-state index contributed by atoms with van der Waals surface area (Å²) in [6, 6.07) is 5.99. The van der Waals surface area contributed by atoms with Crippen LogP contribution in [-0.2, 0) is 22.6 Å². The number of halogens is 9. The second kappa shape index (κ2) is 9.09. The highest BCUT2D eigenvalue weighted by molar-refractivity contribution is 5.81. The van der Waals surface area contributed by atoms with Crippen LogP contribution in [0.2, 0.25) is 0 Å². The molecule has 1 saturated heterocycles. The van der Waals surface area contributed by atoms with Crippen LogP contribution in [0, 0.1) is 5.92 Å². The van der Waals surface area contributed by atoms with Gasteiger partial charge in [-0.1, -0.05) is 12.1 Å². The van der Waals surface area contributed by atoms with Crippen molar-refractivity contribution >= 4 is 11.6 Å². The van der Waals surface area contributed by atoms with Gasteiger partial charge in [0.2, 0.25) is 5.91 Å². The first-order valence-corrected chi connectivity index (χ1v) is 11.4. The Labute approximate surface area is 205 Å². The average molecular weight is 539 g/mol. The summed E-state index contributed by atoms with van der Waals surface area (Å²) in [5.74, 6) is -0.0920. The molecule has 1 amide bonds. The molecule has 0 bridgehead atoms. The third-order valence-electron chi connectivity index (χ3n) is 6.84. The zero-order valence-electron chi connectivity index (χ0n) is 19.4. The molecule has 2 heterocycles. The van der Waals surface area contributed by atoms with Crippen molar-refractivity contribution in [3.8, 4) is 0 Å². The van der Waals surface area contributed by atoms with Gasteiger partial charge in [-0.2, -0.15) is 39.5 Å². The quantitative estimate of drug-likeness (QED) is 0.447. The number of benzene rings is 1. The summed E-state index contributed by atoms with van der Waals surface area (Å²) in [7, 11) is 0. The van der Waals surface area contributed by atoms with Crippen LogP contribution in [0.25, 0.3) is 0 Å². The molecule has 4 rings (SSSR count). The Morgan fingerprint density at radius 3 is 1.97 bits per heavy atom. The van der Waals surface area contributed by atoms with Gasteiger partial charge in [0.15, 0.2) is 0 Å². The Kier molecular flexibility index (Phi) is 6.64. The molecule has 1 aliphatic heterocycles. The summed E-state index contributed by atoms with van der Waals surface area (Å²) in [6.45, 7) is 0.625. The summed E-state index contributed by atoms with van der Waals surface area (Å²) in [6.07, 6.45) is -15.0. The number of aromatic nitrogens is 1. The van der Waals surface area contributed by atoms with Gasteiger partial charge in [0, 0.05) is 24.7 Å². The van der Waals surface area contributed by atoms with Gasteiger partial charge >= 0.3 is 18.5 Å². The standard InChI is InChI=1S/C24H22F9N3O/c1-13(34-20(37)15-2-3-15)14-4-6-17(7-5-14)36-9-8-21(12-36,24(31,32)33)16-10-18(22(25,26)27)35-19(11-16)23(28,29)30/h4-7,10-11,13,15H,2-3,8-9,12H2,1H3,(H,34,37)/t13-,21?/m0/s1. The maximum Gasteiger partial charge on any atom is 0.433 e. The average Bonchev–Trinajstić information content (AvgIpc) is 3.55. The van der Waals surface area contributed by atoms with E-state index in [9.17, 15) is 44.3 Å². The fourth-order valence-electron chi connectivity index (χ4n) is 4.49. The normalized spacial score (nSPS) is 21.7. The zero-order chi connectivity index (χ0) is 27.4. The number of rotatable bonds is 5. The fourth-order valence-corrected chi connectivity index (χ4v) is 4.49. The van der Waals surface area contributed by atoms with E-state index in [0.717, 1.165) is 12.8 Å². The van der Waals surface area contributed by atoms with Gasteiger partial charge in [-0.15, -0.1) is 0 Å². The van der Waals surface area contributed by atoms with E-state index in [1.165, 1.54) is 17.0 Å². The largest absolute Gasteiger partial charge is 0.433 e. The van der Waals surface area contributed by atoms with Gasteiger partial charge in [-0.05, 0) is 61.6 Å². The van der Waals surface area contributed by atoms with Crippen LogP contribution >= 0.6 is 0 Å². The lowest BCUT2D eigenvalue weighted by Crippen LogP contribution is -2.45. The second-order valence-corrected chi connectivity index (χ2v) is 9.47. The minimum atomic E-state index is -5.37. The molecule has 202 valence electrons. The number of hydrogen-bond donors (Lipinski definition) is 1. The number of nitrogens with zero attached hydrogens (tertiary/aromatic N) is 2. The molecule has 1 aromatic heterocycles. The minimum absolute atomic E-state index is 0.00859. The maximum atomic E-state index is 14.4. The highest BCUT2D eigenvalue weighted by Crippen LogP contribution is 2.50. The summed E-state index contributed by atoms with van der Waals surface area (Å²) < 4.78 is 123. The molecule has 2 aliphatic rings. The van der Waals surface area contributed by atoms with Gasteiger partial charge in [-0.3, -0.25) is 4.79 Å². The van der Waals surface area contributed by atoms with Gasteiger partial charge in [0.05, 0.1) is 6.04 Å². The van der Waals surface area contributed by atoms with Crippen LogP contribution in [0.1, 0.15) is 54.7 Å². The molecule has 1 aliphatic carbocycles. The van der Waals surface area contributed by atoms with Crippen molar-refractivity contribution in [1.82, 2.24) is 10.3 Å². The molecule has 1 aromatic carbocycles. The lowest BCUT2D eigenvalue weighted by molar-refractivity contribution is -0.185. The molecule has 1 unspecified atom stereocenters. The first-order valence-electron chi connectivity index (χ1n) is 11.4.